The highest BCUT2D eigenvalue weighted by Crippen LogP contribution is 2.31. The molecule has 0 saturated heterocycles. The number of imidazole rings is 1. The number of methoxy groups -OCH3 is 1. The smallest absolute Gasteiger partial charge is 0.354 e. The Morgan fingerprint density at radius 1 is 1.03 bits per heavy atom. The quantitative estimate of drug-likeness (QED) is 0.547. The highest BCUT2D eigenvalue weighted by Gasteiger charge is 2.24. The van der Waals surface area contributed by atoms with Gasteiger partial charge in [0, 0.05) is 5.69 Å². The number of pyridine rings is 1. The Bertz CT molecular complexity index is 1220. The summed E-state index contributed by atoms with van der Waals surface area (Å²) in [5.41, 5.74) is 3.11. The molecule has 0 saturated carbocycles. The lowest BCUT2D eigenvalue weighted by molar-refractivity contribution is 0.0685. The number of carboxylic acid groups (broad SMARTS) is 1. The largest absolute Gasteiger partial charge is 0.480 e. The number of fused-ring (bicyclic) bond motifs is 1. The van der Waals surface area contributed by atoms with Crippen molar-refractivity contribution >= 4 is 16.7 Å². The van der Waals surface area contributed by atoms with Crippen molar-refractivity contribution in [3.63, 3.8) is 0 Å². The summed E-state index contributed by atoms with van der Waals surface area (Å²) in [5.74, 6) is -0.0659. The molecule has 0 atom stereocenters. The van der Waals surface area contributed by atoms with Gasteiger partial charge in [-0.2, -0.15) is 0 Å². The summed E-state index contributed by atoms with van der Waals surface area (Å²) in [5, 5.41) is 12.0. The van der Waals surface area contributed by atoms with E-state index in [1.807, 2.05) is 61.5 Å². The average molecular weight is 387 g/mol. The fraction of sp³-hybridized carbons (Fsp3) is 0.174. The molecule has 6 nitrogen and oxygen atoms in total. The van der Waals surface area contributed by atoms with Crippen LogP contribution in [0.3, 0.4) is 0 Å². The summed E-state index contributed by atoms with van der Waals surface area (Å²) >= 11 is 0. The van der Waals surface area contributed by atoms with Crippen LogP contribution < -0.4 is 4.74 Å². The molecule has 0 radical (unpaired) electrons. The minimum absolute atomic E-state index is 0.163. The van der Waals surface area contributed by atoms with Crippen molar-refractivity contribution in [2.75, 3.05) is 7.11 Å². The number of aromatic carboxylic acids is 1. The Hall–Kier alpha value is -3.67. The number of benzene rings is 2. The average Bonchev–Trinajstić information content (AvgIpc) is 3.04. The lowest BCUT2D eigenvalue weighted by Crippen LogP contribution is -2.12. The van der Waals surface area contributed by atoms with E-state index < -0.39 is 5.97 Å². The predicted octanol–water partition coefficient (Wildman–Crippen LogP) is 4.47. The molecule has 4 rings (SSSR count). The fourth-order valence-electron chi connectivity index (χ4n) is 3.66. The molecule has 2 aromatic carbocycles. The number of hydrogen-bond acceptors (Lipinski definition) is 4. The molecule has 0 unspecified atom stereocenters. The highest BCUT2D eigenvalue weighted by molar-refractivity contribution is 5.89. The molecule has 0 bridgehead atoms. The van der Waals surface area contributed by atoms with E-state index in [2.05, 4.69) is 9.97 Å². The molecular formula is C23H21N3O3. The maximum Gasteiger partial charge on any atom is 0.354 e. The zero-order chi connectivity index (χ0) is 20.5. The Labute approximate surface area is 168 Å². The number of ether oxygens (including phenoxy) is 1. The number of hydrogen-bond donors (Lipinski definition) is 1. The van der Waals surface area contributed by atoms with Crippen LogP contribution in [-0.4, -0.2) is 32.7 Å². The van der Waals surface area contributed by atoms with E-state index in [1.165, 1.54) is 0 Å². The molecule has 2 heterocycles. The molecule has 1 N–H and O–H groups in total. The second kappa shape index (κ2) is 7.39. The molecule has 0 spiro atoms. The zero-order valence-electron chi connectivity index (χ0n) is 16.5. The van der Waals surface area contributed by atoms with E-state index in [1.54, 1.807) is 18.6 Å². The van der Waals surface area contributed by atoms with Crippen molar-refractivity contribution in [2.24, 2.45) is 0 Å². The summed E-state index contributed by atoms with van der Waals surface area (Å²) in [4.78, 5) is 21.0. The topological polar surface area (TPSA) is 77.2 Å². The van der Waals surface area contributed by atoms with Crippen LogP contribution in [0.4, 0.5) is 0 Å². The van der Waals surface area contributed by atoms with Crippen LogP contribution in [0.15, 0.2) is 54.6 Å². The first kappa shape index (κ1) is 18.7. The predicted molar refractivity (Wildman–Crippen MR) is 111 cm³/mol. The standard InChI is InChI=1S/C23H21N3O3/c1-14-11-12-19(22(24-14)29-3)21-25-15(2)20(23(27)28)26(21)13-17-9-6-8-16-7-4-5-10-18(16)17/h4-12H,13H2,1-3H3,(H,27,28). The van der Waals surface area contributed by atoms with Crippen LogP contribution in [-0.2, 0) is 6.54 Å². The van der Waals surface area contributed by atoms with Gasteiger partial charge >= 0.3 is 5.97 Å². The van der Waals surface area contributed by atoms with Crippen molar-refractivity contribution in [1.82, 2.24) is 14.5 Å². The maximum absolute atomic E-state index is 12.0. The van der Waals surface area contributed by atoms with Gasteiger partial charge in [0.05, 0.1) is 24.9 Å². The van der Waals surface area contributed by atoms with Gasteiger partial charge in [-0.3, -0.25) is 0 Å². The van der Waals surface area contributed by atoms with Crippen LogP contribution in [0.2, 0.25) is 0 Å². The molecular weight excluding hydrogens is 366 g/mol. The van der Waals surface area contributed by atoms with Crippen molar-refractivity contribution in [2.45, 2.75) is 20.4 Å². The van der Waals surface area contributed by atoms with Gasteiger partial charge in [-0.1, -0.05) is 42.5 Å². The summed E-state index contributed by atoms with van der Waals surface area (Å²) in [6, 6.07) is 17.8. The SMILES string of the molecule is COc1nc(C)ccc1-c1nc(C)c(C(=O)O)n1Cc1cccc2ccccc12. The number of aryl methyl sites for hydroxylation is 2. The summed E-state index contributed by atoms with van der Waals surface area (Å²) < 4.78 is 7.18. The highest BCUT2D eigenvalue weighted by atomic mass is 16.5. The zero-order valence-corrected chi connectivity index (χ0v) is 16.5. The van der Waals surface area contributed by atoms with Gasteiger partial charge in [-0.25, -0.2) is 14.8 Å². The molecule has 4 aromatic rings. The summed E-state index contributed by atoms with van der Waals surface area (Å²) in [6.45, 7) is 3.96. The third-order valence-corrected chi connectivity index (χ3v) is 4.99. The van der Waals surface area contributed by atoms with Crippen LogP contribution in [0.1, 0.15) is 27.4 Å². The minimum atomic E-state index is -1.01. The number of rotatable bonds is 5. The van der Waals surface area contributed by atoms with Gasteiger partial charge < -0.3 is 14.4 Å². The molecule has 29 heavy (non-hydrogen) atoms. The Morgan fingerprint density at radius 2 is 1.79 bits per heavy atom. The van der Waals surface area contributed by atoms with E-state index in [4.69, 9.17) is 4.74 Å². The van der Waals surface area contributed by atoms with Crippen LogP contribution in [0.25, 0.3) is 22.2 Å². The first-order valence-electron chi connectivity index (χ1n) is 9.28. The monoisotopic (exact) mass is 387 g/mol. The van der Waals surface area contributed by atoms with Gasteiger partial charge in [-0.05, 0) is 42.3 Å². The van der Waals surface area contributed by atoms with Gasteiger partial charge in [0.1, 0.15) is 5.82 Å². The first-order valence-corrected chi connectivity index (χ1v) is 9.28. The van der Waals surface area contributed by atoms with Crippen LogP contribution in [0, 0.1) is 13.8 Å². The van der Waals surface area contributed by atoms with Gasteiger partial charge in [0.25, 0.3) is 0 Å². The molecule has 0 fully saturated rings. The van der Waals surface area contributed by atoms with Crippen molar-refractivity contribution in [1.29, 1.82) is 0 Å². The minimum Gasteiger partial charge on any atom is -0.480 e. The van der Waals surface area contributed by atoms with Crippen molar-refractivity contribution in [3.05, 3.63) is 77.2 Å². The van der Waals surface area contributed by atoms with Gasteiger partial charge in [0.15, 0.2) is 5.69 Å². The first-order chi connectivity index (χ1) is 14.0. The lowest BCUT2D eigenvalue weighted by Gasteiger charge is -2.14. The van der Waals surface area contributed by atoms with Crippen molar-refractivity contribution in [3.8, 4) is 17.3 Å². The fourth-order valence-corrected chi connectivity index (χ4v) is 3.66. The third kappa shape index (κ3) is 3.33. The number of carboxylic acids is 1. The Morgan fingerprint density at radius 3 is 2.55 bits per heavy atom. The van der Waals surface area contributed by atoms with Crippen LogP contribution >= 0.6 is 0 Å². The van der Waals surface area contributed by atoms with Crippen molar-refractivity contribution < 1.29 is 14.6 Å². The lowest BCUT2D eigenvalue weighted by atomic mass is 10.0. The van der Waals surface area contributed by atoms with E-state index in [0.717, 1.165) is 22.0 Å². The number of aromatic nitrogens is 3. The third-order valence-electron chi connectivity index (χ3n) is 4.99. The summed E-state index contributed by atoms with van der Waals surface area (Å²) in [7, 11) is 1.55. The number of carbonyl (C=O) groups is 1. The second-order valence-corrected chi connectivity index (χ2v) is 6.91. The van der Waals surface area contributed by atoms with Gasteiger partial charge in [-0.15, -0.1) is 0 Å². The van der Waals surface area contributed by atoms with Crippen LogP contribution in [0.5, 0.6) is 5.88 Å². The van der Waals surface area contributed by atoms with E-state index in [-0.39, 0.29) is 5.69 Å². The molecule has 0 aliphatic heterocycles. The van der Waals surface area contributed by atoms with E-state index in [9.17, 15) is 9.90 Å². The van der Waals surface area contributed by atoms with E-state index >= 15 is 0 Å². The molecule has 0 aliphatic carbocycles. The molecule has 0 aliphatic rings. The molecule has 2 aromatic heterocycles. The molecule has 6 heteroatoms. The maximum atomic E-state index is 12.0. The second-order valence-electron chi connectivity index (χ2n) is 6.91. The summed E-state index contributed by atoms with van der Waals surface area (Å²) in [6.07, 6.45) is 0. The number of nitrogens with zero attached hydrogens (tertiary/aromatic N) is 3. The molecule has 0 amide bonds. The normalized spacial score (nSPS) is 11.0. The van der Waals surface area contributed by atoms with E-state index in [0.29, 0.717) is 29.5 Å². The Balaban J connectivity index is 1.94. The Kier molecular flexibility index (Phi) is 4.76. The van der Waals surface area contributed by atoms with Gasteiger partial charge in [0.2, 0.25) is 5.88 Å². The molecule has 146 valence electrons.